The maximum Gasteiger partial charge on any atom is 0.0657 e. The lowest BCUT2D eigenvalue weighted by Crippen LogP contribution is -2.10. The Bertz CT molecular complexity index is 487. The zero-order chi connectivity index (χ0) is 11.7. The SMILES string of the molecule is Cc1cc(Br)cc(C(N)c2sccc2Br)c1. The van der Waals surface area contributed by atoms with E-state index in [9.17, 15) is 0 Å². The van der Waals surface area contributed by atoms with Crippen LogP contribution in [0.5, 0.6) is 0 Å². The van der Waals surface area contributed by atoms with Crippen LogP contribution in [0.2, 0.25) is 0 Å². The molecule has 0 amide bonds. The number of thiophene rings is 1. The summed E-state index contributed by atoms with van der Waals surface area (Å²) in [5.74, 6) is 0. The lowest BCUT2D eigenvalue weighted by molar-refractivity contribution is 0.886. The van der Waals surface area contributed by atoms with Crippen LogP contribution in [-0.4, -0.2) is 0 Å². The number of rotatable bonds is 2. The Hall–Kier alpha value is -0.160. The molecule has 1 heterocycles. The van der Waals surface area contributed by atoms with E-state index < -0.39 is 0 Å². The Balaban J connectivity index is 2.41. The van der Waals surface area contributed by atoms with Crippen LogP contribution in [0.25, 0.3) is 0 Å². The molecule has 2 aromatic rings. The Morgan fingerprint density at radius 3 is 2.56 bits per heavy atom. The molecule has 4 heteroatoms. The summed E-state index contributed by atoms with van der Waals surface area (Å²) < 4.78 is 2.16. The second-order valence-electron chi connectivity index (χ2n) is 3.67. The Morgan fingerprint density at radius 1 is 1.25 bits per heavy atom. The molecule has 0 saturated carbocycles. The van der Waals surface area contributed by atoms with Gasteiger partial charge in [0.2, 0.25) is 0 Å². The molecule has 0 aliphatic rings. The lowest BCUT2D eigenvalue weighted by Gasteiger charge is -2.12. The van der Waals surface area contributed by atoms with Crippen molar-refractivity contribution in [2.75, 3.05) is 0 Å². The van der Waals surface area contributed by atoms with E-state index in [1.54, 1.807) is 11.3 Å². The van der Waals surface area contributed by atoms with Gasteiger partial charge in [-0.15, -0.1) is 11.3 Å². The quantitative estimate of drug-likeness (QED) is 0.830. The van der Waals surface area contributed by atoms with E-state index in [1.807, 2.05) is 11.4 Å². The van der Waals surface area contributed by atoms with Crippen molar-refractivity contribution in [3.8, 4) is 0 Å². The number of aryl methyl sites for hydroxylation is 1. The average molecular weight is 361 g/mol. The largest absolute Gasteiger partial charge is 0.320 e. The number of halogens is 2. The number of benzene rings is 1. The van der Waals surface area contributed by atoms with Gasteiger partial charge in [-0.1, -0.05) is 22.0 Å². The fourth-order valence-corrected chi connectivity index (χ4v) is 3.90. The summed E-state index contributed by atoms with van der Waals surface area (Å²) in [4.78, 5) is 1.16. The molecule has 16 heavy (non-hydrogen) atoms. The minimum Gasteiger partial charge on any atom is -0.320 e. The van der Waals surface area contributed by atoms with Gasteiger partial charge in [0.25, 0.3) is 0 Å². The van der Waals surface area contributed by atoms with Gasteiger partial charge in [-0.05, 0) is 57.6 Å². The van der Waals surface area contributed by atoms with Crippen LogP contribution < -0.4 is 5.73 Å². The third-order valence-corrected chi connectivity index (χ3v) is 4.76. The Labute approximate surface area is 116 Å². The molecular weight excluding hydrogens is 350 g/mol. The first kappa shape index (κ1) is 12.3. The van der Waals surface area contributed by atoms with Crippen LogP contribution >= 0.6 is 43.2 Å². The molecule has 0 saturated heterocycles. The summed E-state index contributed by atoms with van der Waals surface area (Å²) in [7, 11) is 0. The molecule has 84 valence electrons. The van der Waals surface area contributed by atoms with E-state index in [0.717, 1.165) is 19.4 Å². The average Bonchev–Trinajstić information content (AvgIpc) is 2.62. The van der Waals surface area contributed by atoms with Crippen LogP contribution in [0.4, 0.5) is 0 Å². The molecular formula is C12H11Br2NS. The molecule has 1 aromatic carbocycles. The summed E-state index contributed by atoms with van der Waals surface area (Å²) in [6, 6.07) is 8.25. The van der Waals surface area contributed by atoms with E-state index in [2.05, 4.69) is 57.0 Å². The molecule has 0 aliphatic heterocycles. The predicted molar refractivity (Wildman–Crippen MR) is 76.9 cm³/mol. The van der Waals surface area contributed by atoms with Crippen molar-refractivity contribution in [1.82, 2.24) is 0 Å². The first-order valence-electron chi connectivity index (χ1n) is 4.83. The highest BCUT2D eigenvalue weighted by Gasteiger charge is 2.14. The zero-order valence-corrected chi connectivity index (χ0v) is 12.7. The molecule has 1 atom stereocenters. The Kier molecular flexibility index (Phi) is 3.85. The van der Waals surface area contributed by atoms with Crippen molar-refractivity contribution >= 4 is 43.2 Å². The van der Waals surface area contributed by atoms with Crippen LogP contribution in [-0.2, 0) is 0 Å². The smallest absolute Gasteiger partial charge is 0.0657 e. The highest BCUT2D eigenvalue weighted by atomic mass is 79.9. The molecule has 1 aromatic heterocycles. The number of hydrogen-bond donors (Lipinski definition) is 1. The lowest BCUT2D eigenvalue weighted by atomic mass is 10.0. The van der Waals surface area contributed by atoms with Crippen molar-refractivity contribution in [2.45, 2.75) is 13.0 Å². The van der Waals surface area contributed by atoms with Crippen LogP contribution in [0.15, 0.2) is 38.6 Å². The van der Waals surface area contributed by atoms with E-state index in [-0.39, 0.29) is 6.04 Å². The second kappa shape index (κ2) is 5.00. The van der Waals surface area contributed by atoms with Crippen LogP contribution in [0.3, 0.4) is 0 Å². The fraction of sp³-hybridized carbons (Fsp3) is 0.167. The van der Waals surface area contributed by atoms with Gasteiger partial charge in [-0.25, -0.2) is 0 Å². The third kappa shape index (κ3) is 2.56. The van der Waals surface area contributed by atoms with Gasteiger partial charge in [0.05, 0.1) is 6.04 Å². The summed E-state index contributed by atoms with van der Waals surface area (Å²) in [5.41, 5.74) is 8.61. The van der Waals surface area contributed by atoms with Gasteiger partial charge in [0, 0.05) is 13.8 Å². The van der Waals surface area contributed by atoms with Crippen molar-refractivity contribution in [1.29, 1.82) is 0 Å². The molecule has 0 fully saturated rings. The molecule has 0 aliphatic carbocycles. The molecule has 2 N–H and O–H groups in total. The fourth-order valence-electron chi connectivity index (χ4n) is 1.62. The van der Waals surface area contributed by atoms with Gasteiger partial charge >= 0.3 is 0 Å². The summed E-state index contributed by atoms with van der Waals surface area (Å²) in [5, 5.41) is 2.05. The summed E-state index contributed by atoms with van der Waals surface area (Å²) in [6.07, 6.45) is 0. The van der Waals surface area contributed by atoms with E-state index in [4.69, 9.17) is 5.73 Å². The van der Waals surface area contributed by atoms with Crippen LogP contribution in [0, 0.1) is 6.92 Å². The number of nitrogens with two attached hydrogens (primary N) is 1. The first-order chi connectivity index (χ1) is 7.58. The number of hydrogen-bond acceptors (Lipinski definition) is 2. The van der Waals surface area contributed by atoms with Gasteiger partial charge in [0.1, 0.15) is 0 Å². The predicted octanol–water partition coefficient (Wildman–Crippen LogP) is 4.63. The molecule has 1 unspecified atom stereocenters. The van der Waals surface area contributed by atoms with Crippen molar-refractivity contribution in [2.24, 2.45) is 5.73 Å². The van der Waals surface area contributed by atoms with Crippen molar-refractivity contribution in [3.63, 3.8) is 0 Å². The van der Waals surface area contributed by atoms with Crippen LogP contribution in [0.1, 0.15) is 22.0 Å². The minimum absolute atomic E-state index is 0.0643. The maximum absolute atomic E-state index is 6.26. The topological polar surface area (TPSA) is 26.0 Å². The minimum atomic E-state index is -0.0643. The van der Waals surface area contributed by atoms with Crippen molar-refractivity contribution in [3.05, 3.63) is 54.6 Å². The van der Waals surface area contributed by atoms with Gasteiger partial charge < -0.3 is 5.73 Å². The zero-order valence-electron chi connectivity index (χ0n) is 8.71. The maximum atomic E-state index is 6.26. The summed E-state index contributed by atoms with van der Waals surface area (Å²) >= 11 is 8.70. The van der Waals surface area contributed by atoms with Crippen molar-refractivity contribution < 1.29 is 0 Å². The molecule has 0 spiro atoms. The molecule has 0 radical (unpaired) electrons. The van der Waals surface area contributed by atoms with Gasteiger partial charge in [0.15, 0.2) is 0 Å². The second-order valence-corrected chi connectivity index (χ2v) is 6.39. The van der Waals surface area contributed by atoms with E-state index in [0.29, 0.717) is 0 Å². The molecule has 2 rings (SSSR count). The molecule has 1 nitrogen and oxygen atoms in total. The van der Waals surface area contributed by atoms with Gasteiger partial charge in [-0.2, -0.15) is 0 Å². The van der Waals surface area contributed by atoms with E-state index in [1.165, 1.54) is 5.56 Å². The third-order valence-electron chi connectivity index (χ3n) is 2.35. The normalized spacial score (nSPS) is 12.8. The highest BCUT2D eigenvalue weighted by molar-refractivity contribution is 9.10. The molecule has 0 bridgehead atoms. The first-order valence-corrected chi connectivity index (χ1v) is 7.30. The van der Waals surface area contributed by atoms with E-state index >= 15 is 0 Å². The monoisotopic (exact) mass is 359 g/mol. The summed E-state index contributed by atoms with van der Waals surface area (Å²) in [6.45, 7) is 2.07. The highest BCUT2D eigenvalue weighted by Crippen LogP contribution is 2.32. The Morgan fingerprint density at radius 2 is 2.00 bits per heavy atom. The van der Waals surface area contributed by atoms with Gasteiger partial charge in [-0.3, -0.25) is 0 Å². The standard InChI is InChI=1S/C12H11Br2NS/c1-7-4-8(6-9(13)5-7)11(15)12-10(14)2-3-16-12/h2-6,11H,15H2,1H3.